The summed E-state index contributed by atoms with van der Waals surface area (Å²) in [5, 5.41) is 0.699. The standard InChI is InChI=1S/C16H15ClOS/c1-2-12-6-8-13(9-7-12)16(18)11-19-15-5-3-4-14(17)10-15/h3-10H,2,11H2,1H3. The molecule has 0 amide bonds. The maximum absolute atomic E-state index is 12.0. The minimum absolute atomic E-state index is 0.146. The van der Waals surface area contributed by atoms with Gasteiger partial charge in [0.2, 0.25) is 0 Å². The van der Waals surface area contributed by atoms with Crippen LogP contribution in [0, 0.1) is 0 Å². The summed E-state index contributed by atoms with van der Waals surface area (Å²) in [7, 11) is 0. The first kappa shape index (κ1) is 14.2. The summed E-state index contributed by atoms with van der Waals surface area (Å²) in [4.78, 5) is 13.1. The third kappa shape index (κ3) is 4.12. The van der Waals surface area contributed by atoms with Crippen molar-refractivity contribution in [2.45, 2.75) is 18.2 Å². The highest BCUT2D eigenvalue weighted by atomic mass is 35.5. The van der Waals surface area contributed by atoms with Gasteiger partial charge in [0.15, 0.2) is 5.78 Å². The number of thioether (sulfide) groups is 1. The van der Waals surface area contributed by atoms with Crippen molar-refractivity contribution in [1.29, 1.82) is 0 Å². The van der Waals surface area contributed by atoms with Gasteiger partial charge in [0.25, 0.3) is 0 Å². The monoisotopic (exact) mass is 290 g/mol. The second-order valence-electron chi connectivity index (χ2n) is 4.22. The fourth-order valence-electron chi connectivity index (χ4n) is 1.72. The molecule has 3 heteroatoms. The summed E-state index contributed by atoms with van der Waals surface area (Å²) in [6.45, 7) is 2.10. The van der Waals surface area contributed by atoms with Crippen LogP contribution in [-0.4, -0.2) is 11.5 Å². The Hall–Kier alpha value is -1.25. The molecule has 0 aliphatic rings. The Balaban J connectivity index is 1.97. The van der Waals surface area contributed by atoms with Crippen LogP contribution in [0.1, 0.15) is 22.8 Å². The molecular formula is C16H15ClOS. The Bertz CT molecular complexity index is 563. The molecule has 0 aromatic heterocycles. The molecule has 0 unspecified atom stereocenters. The lowest BCUT2D eigenvalue weighted by atomic mass is 10.1. The largest absolute Gasteiger partial charge is 0.293 e. The molecule has 0 spiro atoms. The summed E-state index contributed by atoms with van der Waals surface area (Å²) in [5.41, 5.74) is 2.02. The van der Waals surface area contributed by atoms with Crippen LogP contribution in [0.25, 0.3) is 0 Å². The summed E-state index contributed by atoms with van der Waals surface area (Å²) >= 11 is 7.43. The maximum Gasteiger partial charge on any atom is 0.173 e. The van der Waals surface area contributed by atoms with Crippen molar-refractivity contribution in [1.82, 2.24) is 0 Å². The fourth-order valence-corrected chi connectivity index (χ4v) is 2.82. The number of aryl methyl sites for hydroxylation is 1. The van der Waals surface area contributed by atoms with Crippen LogP contribution in [0.5, 0.6) is 0 Å². The van der Waals surface area contributed by atoms with Crippen molar-refractivity contribution < 1.29 is 4.79 Å². The van der Waals surface area contributed by atoms with E-state index in [4.69, 9.17) is 11.6 Å². The first-order chi connectivity index (χ1) is 9.19. The SMILES string of the molecule is CCc1ccc(C(=O)CSc2cccc(Cl)c2)cc1. The number of carbonyl (C=O) groups is 1. The molecule has 2 aromatic carbocycles. The third-order valence-electron chi connectivity index (χ3n) is 2.85. The van der Waals surface area contributed by atoms with Crippen molar-refractivity contribution in [3.8, 4) is 0 Å². The molecule has 0 bridgehead atoms. The summed E-state index contributed by atoms with van der Waals surface area (Å²) in [5.74, 6) is 0.582. The van der Waals surface area contributed by atoms with Gasteiger partial charge in [-0.1, -0.05) is 48.9 Å². The zero-order chi connectivity index (χ0) is 13.7. The molecule has 98 valence electrons. The number of hydrogen-bond acceptors (Lipinski definition) is 2. The Morgan fingerprint density at radius 2 is 1.89 bits per heavy atom. The van der Waals surface area contributed by atoms with Crippen LogP contribution >= 0.6 is 23.4 Å². The third-order valence-corrected chi connectivity index (χ3v) is 4.08. The molecular weight excluding hydrogens is 276 g/mol. The van der Waals surface area contributed by atoms with Crippen LogP contribution in [0.2, 0.25) is 5.02 Å². The van der Waals surface area contributed by atoms with Gasteiger partial charge in [0, 0.05) is 15.5 Å². The number of rotatable bonds is 5. The number of carbonyl (C=O) groups excluding carboxylic acids is 1. The Labute approximate surface area is 123 Å². The molecule has 2 rings (SSSR count). The molecule has 2 aromatic rings. The number of ketones is 1. The van der Waals surface area contributed by atoms with E-state index in [1.54, 1.807) is 0 Å². The van der Waals surface area contributed by atoms with Gasteiger partial charge >= 0.3 is 0 Å². The van der Waals surface area contributed by atoms with Crippen molar-refractivity contribution in [3.63, 3.8) is 0 Å². The van der Waals surface area contributed by atoms with Crippen LogP contribution < -0.4 is 0 Å². The lowest BCUT2D eigenvalue weighted by Gasteiger charge is -2.03. The van der Waals surface area contributed by atoms with E-state index >= 15 is 0 Å². The fraction of sp³-hybridized carbons (Fsp3) is 0.188. The number of halogens is 1. The summed E-state index contributed by atoms with van der Waals surface area (Å²) < 4.78 is 0. The van der Waals surface area contributed by atoms with Gasteiger partial charge in [0.1, 0.15) is 0 Å². The average molecular weight is 291 g/mol. The second-order valence-corrected chi connectivity index (χ2v) is 5.70. The van der Waals surface area contributed by atoms with E-state index in [0.29, 0.717) is 10.8 Å². The van der Waals surface area contributed by atoms with Crippen LogP contribution in [0.3, 0.4) is 0 Å². The highest BCUT2D eigenvalue weighted by Crippen LogP contribution is 2.22. The van der Waals surface area contributed by atoms with Crippen molar-refractivity contribution >= 4 is 29.1 Å². The first-order valence-electron chi connectivity index (χ1n) is 6.19. The van der Waals surface area contributed by atoms with Crippen molar-refractivity contribution in [3.05, 3.63) is 64.7 Å². The van der Waals surface area contributed by atoms with E-state index in [1.807, 2.05) is 48.5 Å². The minimum Gasteiger partial charge on any atom is -0.293 e. The smallest absolute Gasteiger partial charge is 0.173 e. The van der Waals surface area contributed by atoms with E-state index in [1.165, 1.54) is 17.3 Å². The van der Waals surface area contributed by atoms with Crippen LogP contribution in [-0.2, 0) is 6.42 Å². The molecule has 0 atom stereocenters. The normalized spacial score (nSPS) is 10.4. The average Bonchev–Trinajstić information content (AvgIpc) is 2.45. The maximum atomic E-state index is 12.0. The first-order valence-corrected chi connectivity index (χ1v) is 7.56. The van der Waals surface area contributed by atoms with Gasteiger partial charge in [-0.2, -0.15) is 0 Å². The molecule has 0 N–H and O–H groups in total. The molecule has 0 aliphatic carbocycles. The molecule has 0 aliphatic heterocycles. The zero-order valence-electron chi connectivity index (χ0n) is 10.7. The van der Waals surface area contributed by atoms with Crippen molar-refractivity contribution in [2.75, 3.05) is 5.75 Å². The Morgan fingerprint density at radius 3 is 2.53 bits per heavy atom. The summed E-state index contributed by atoms with van der Waals surface area (Å²) in [6.07, 6.45) is 0.992. The van der Waals surface area contributed by atoms with E-state index in [-0.39, 0.29) is 5.78 Å². The Kier molecular flexibility index (Phi) is 5.06. The summed E-state index contributed by atoms with van der Waals surface area (Å²) in [6, 6.07) is 15.4. The van der Waals surface area contributed by atoms with Gasteiger partial charge in [0.05, 0.1) is 5.75 Å². The van der Waals surface area contributed by atoms with E-state index in [0.717, 1.165) is 16.9 Å². The quantitative estimate of drug-likeness (QED) is 0.577. The van der Waals surface area contributed by atoms with Gasteiger partial charge in [-0.15, -0.1) is 11.8 Å². The predicted molar refractivity (Wildman–Crippen MR) is 82.3 cm³/mol. The van der Waals surface area contributed by atoms with Crippen LogP contribution in [0.15, 0.2) is 53.4 Å². The highest BCUT2D eigenvalue weighted by molar-refractivity contribution is 8.00. The molecule has 1 nitrogen and oxygen atoms in total. The lowest BCUT2D eigenvalue weighted by molar-refractivity contribution is 0.102. The predicted octanol–water partition coefficient (Wildman–Crippen LogP) is 4.88. The molecule has 0 radical (unpaired) electrons. The minimum atomic E-state index is 0.146. The molecule has 19 heavy (non-hydrogen) atoms. The number of Topliss-reactive ketones (excluding diaryl/α,β-unsaturated/α-hetero) is 1. The van der Waals surface area contributed by atoms with E-state index < -0.39 is 0 Å². The van der Waals surface area contributed by atoms with Gasteiger partial charge in [-0.05, 0) is 30.2 Å². The Morgan fingerprint density at radius 1 is 1.16 bits per heavy atom. The van der Waals surface area contributed by atoms with Crippen LogP contribution in [0.4, 0.5) is 0 Å². The van der Waals surface area contributed by atoms with Gasteiger partial charge in [-0.25, -0.2) is 0 Å². The van der Waals surface area contributed by atoms with E-state index in [9.17, 15) is 4.79 Å². The lowest BCUT2D eigenvalue weighted by Crippen LogP contribution is -2.02. The van der Waals surface area contributed by atoms with Gasteiger partial charge < -0.3 is 0 Å². The second kappa shape index (κ2) is 6.78. The molecule has 0 saturated heterocycles. The topological polar surface area (TPSA) is 17.1 Å². The molecule has 0 fully saturated rings. The number of hydrogen-bond donors (Lipinski definition) is 0. The zero-order valence-corrected chi connectivity index (χ0v) is 12.3. The van der Waals surface area contributed by atoms with E-state index in [2.05, 4.69) is 6.92 Å². The number of benzene rings is 2. The van der Waals surface area contributed by atoms with Crippen molar-refractivity contribution in [2.24, 2.45) is 0 Å². The molecule has 0 heterocycles. The highest BCUT2D eigenvalue weighted by Gasteiger charge is 2.06. The molecule has 0 saturated carbocycles. The van der Waals surface area contributed by atoms with Gasteiger partial charge in [-0.3, -0.25) is 4.79 Å².